The van der Waals surface area contributed by atoms with E-state index in [-0.39, 0.29) is 17.9 Å². The van der Waals surface area contributed by atoms with Gasteiger partial charge >= 0.3 is 5.97 Å². The zero-order valence-electron chi connectivity index (χ0n) is 18.5. The van der Waals surface area contributed by atoms with Crippen molar-refractivity contribution in [3.05, 3.63) is 71.8 Å². The zero-order valence-corrected chi connectivity index (χ0v) is 18.5. The minimum absolute atomic E-state index is 0.216. The molecule has 2 aromatic rings. The number of aliphatic hydroxyl groups excluding tert-OH is 1. The Kier molecular flexibility index (Phi) is 7.85. The van der Waals surface area contributed by atoms with Crippen molar-refractivity contribution < 1.29 is 19.4 Å². The molecule has 1 amide bonds. The van der Waals surface area contributed by atoms with Crippen molar-refractivity contribution in [1.29, 1.82) is 0 Å². The van der Waals surface area contributed by atoms with Crippen molar-refractivity contribution in [1.82, 2.24) is 5.32 Å². The highest BCUT2D eigenvalue weighted by atomic mass is 16.6. The van der Waals surface area contributed by atoms with E-state index in [1.807, 2.05) is 24.3 Å². The first kappa shape index (κ1) is 23.0. The van der Waals surface area contributed by atoms with Crippen LogP contribution in [0.2, 0.25) is 0 Å². The molecule has 1 fully saturated rings. The number of amides is 1. The maximum Gasteiger partial charge on any atom is 0.337 e. The Bertz CT molecular complexity index is 852. The average Bonchev–Trinajstić information content (AvgIpc) is 2.77. The Morgan fingerprint density at radius 1 is 1.00 bits per heavy atom. The van der Waals surface area contributed by atoms with E-state index in [0.717, 1.165) is 19.3 Å². The second-order valence-corrected chi connectivity index (χ2v) is 8.97. The normalized spacial score (nSPS) is 23.1. The van der Waals surface area contributed by atoms with Crippen LogP contribution in [0.25, 0.3) is 0 Å². The van der Waals surface area contributed by atoms with Gasteiger partial charge in [0.1, 0.15) is 6.10 Å². The van der Waals surface area contributed by atoms with Crippen LogP contribution in [-0.2, 0) is 9.53 Å². The summed E-state index contributed by atoms with van der Waals surface area (Å²) in [5.74, 6) is 0.110. The molecule has 1 aliphatic carbocycles. The number of hydrogen-bond donors (Lipinski definition) is 2. The molecule has 0 radical (unpaired) electrons. The number of carbonyl (C=O) groups is 2. The smallest absolute Gasteiger partial charge is 0.337 e. The van der Waals surface area contributed by atoms with Gasteiger partial charge in [0.25, 0.3) is 5.91 Å². The molecule has 5 atom stereocenters. The fourth-order valence-electron chi connectivity index (χ4n) is 4.42. The first-order valence-corrected chi connectivity index (χ1v) is 11.2. The SMILES string of the molecule is CC(C)[C@@H]1CC[C@@H](C)C[C@H]1OC(=O)[C@H](O)[C@@H](NC(=O)c1ccccc1)c1ccccc1. The first-order valence-electron chi connectivity index (χ1n) is 11.2. The molecule has 2 N–H and O–H groups in total. The number of esters is 1. The van der Waals surface area contributed by atoms with Crippen molar-refractivity contribution in [2.45, 2.75) is 58.3 Å². The summed E-state index contributed by atoms with van der Waals surface area (Å²) in [5, 5.41) is 13.8. The van der Waals surface area contributed by atoms with E-state index in [4.69, 9.17) is 4.74 Å². The molecule has 0 heterocycles. The topological polar surface area (TPSA) is 75.6 Å². The molecule has 0 aromatic heterocycles. The minimum atomic E-state index is -1.50. The van der Waals surface area contributed by atoms with E-state index in [2.05, 4.69) is 26.1 Å². The highest BCUT2D eigenvalue weighted by Crippen LogP contribution is 2.36. The lowest BCUT2D eigenvalue weighted by Gasteiger charge is -2.37. The maximum atomic E-state index is 13.0. The summed E-state index contributed by atoms with van der Waals surface area (Å²) in [7, 11) is 0. The summed E-state index contributed by atoms with van der Waals surface area (Å²) >= 11 is 0. The summed E-state index contributed by atoms with van der Waals surface area (Å²) in [6.07, 6.45) is 1.22. The summed E-state index contributed by atoms with van der Waals surface area (Å²) < 4.78 is 5.85. The molecule has 0 spiro atoms. The average molecular weight is 424 g/mol. The van der Waals surface area contributed by atoms with Crippen molar-refractivity contribution in [3.63, 3.8) is 0 Å². The Morgan fingerprint density at radius 2 is 1.61 bits per heavy atom. The van der Waals surface area contributed by atoms with Gasteiger partial charge in [-0.05, 0) is 48.3 Å². The summed E-state index contributed by atoms with van der Waals surface area (Å²) in [6.45, 7) is 6.45. The molecule has 5 nitrogen and oxygen atoms in total. The Hall–Kier alpha value is -2.66. The van der Waals surface area contributed by atoms with Gasteiger partial charge in [-0.2, -0.15) is 0 Å². The van der Waals surface area contributed by atoms with Crippen LogP contribution in [0, 0.1) is 17.8 Å². The molecule has 2 aromatic carbocycles. The van der Waals surface area contributed by atoms with E-state index in [0.29, 0.717) is 23.0 Å². The number of rotatable bonds is 7. The lowest BCUT2D eigenvalue weighted by atomic mass is 9.75. The van der Waals surface area contributed by atoms with Gasteiger partial charge in [0.2, 0.25) is 0 Å². The van der Waals surface area contributed by atoms with Gasteiger partial charge in [0, 0.05) is 5.56 Å². The van der Waals surface area contributed by atoms with Crippen LogP contribution in [0.4, 0.5) is 0 Å². The lowest BCUT2D eigenvalue weighted by Crippen LogP contribution is -2.44. The number of nitrogens with one attached hydrogen (secondary N) is 1. The molecule has 1 aliphatic rings. The fourth-order valence-corrected chi connectivity index (χ4v) is 4.42. The molecule has 1 saturated carbocycles. The van der Waals surface area contributed by atoms with Crippen molar-refractivity contribution in [2.24, 2.45) is 17.8 Å². The third-order valence-corrected chi connectivity index (χ3v) is 6.27. The molecule has 31 heavy (non-hydrogen) atoms. The van der Waals surface area contributed by atoms with Crippen LogP contribution >= 0.6 is 0 Å². The zero-order chi connectivity index (χ0) is 22.4. The Balaban J connectivity index is 1.78. The maximum absolute atomic E-state index is 13.0. The van der Waals surface area contributed by atoms with Gasteiger partial charge < -0.3 is 15.2 Å². The first-order chi connectivity index (χ1) is 14.9. The molecule has 5 heteroatoms. The Labute approximate surface area is 184 Å². The molecular formula is C26H33NO4. The lowest BCUT2D eigenvalue weighted by molar-refractivity contribution is -0.167. The largest absolute Gasteiger partial charge is 0.460 e. The van der Waals surface area contributed by atoms with E-state index < -0.39 is 18.1 Å². The van der Waals surface area contributed by atoms with Crippen molar-refractivity contribution in [2.75, 3.05) is 0 Å². The summed E-state index contributed by atoms with van der Waals surface area (Å²) in [5.41, 5.74) is 1.11. The van der Waals surface area contributed by atoms with Gasteiger partial charge in [-0.25, -0.2) is 4.79 Å². The number of aliphatic hydroxyl groups is 1. The van der Waals surface area contributed by atoms with E-state index in [9.17, 15) is 14.7 Å². The standard InChI is InChI=1S/C26H33NO4/c1-17(2)21-15-14-18(3)16-22(21)31-26(30)24(28)23(19-10-6-4-7-11-19)27-25(29)20-12-8-5-9-13-20/h4-13,17-18,21-24,28H,14-16H2,1-3H3,(H,27,29)/t18-,21+,22-,23+,24-/m1/s1. The minimum Gasteiger partial charge on any atom is -0.460 e. The van der Waals surface area contributed by atoms with Crippen LogP contribution < -0.4 is 5.32 Å². The molecule has 166 valence electrons. The van der Waals surface area contributed by atoms with Crippen LogP contribution in [0.1, 0.15) is 62.0 Å². The van der Waals surface area contributed by atoms with Crippen LogP contribution in [0.15, 0.2) is 60.7 Å². The predicted octanol–water partition coefficient (Wildman–Crippen LogP) is 4.52. The van der Waals surface area contributed by atoms with Crippen molar-refractivity contribution in [3.8, 4) is 0 Å². The second kappa shape index (κ2) is 10.6. The molecular weight excluding hydrogens is 390 g/mol. The van der Waals surface area contributed by atoms with Gasteiger partial charge in [-0.3, -0.25) is 4.79 Å². The third kappa shape index (κ3) is 5.95. The molecule has 0 unspecified atom stereocenters. The van der Waals surface area contributed by atoms with E-state index in [1.54, 1.807) is 36.4 Å². The van der Waals surface area contributed by atoms with Gasteiger partial charge in [-0.1, -0.05) is 75.7 Å². The molecule has 0 saturated heterocycles. The van der Waals surface area contributed by atoms with Gasteiger partial charge in [0.15, 0.2) is 6.10 Å². The Morgan fingerprint density at radius 3 is 2.23 bits per heavy atom. The monoisotopic (exact) mass is 423 g/mol. The highest BCUT2D eigenvalue weighted by molar-refractivity contribution is 5.94. The third-order valence-electron chi connectivity index (χ3n) is 6.27. The summed E-state index contributed by atoms with van der Waals surface area (Å²) in [6, 6.07) is 16.9. The van der Waals surface area contributed by atoms with Crippen LogP contribution in [-0.4, -0.2) is 29.2 Å². The number of hydrogen-bond acceptors (Lipinski definition) is 4. The fraction of sp³-hybridized carbons (Fsp3) is 0.462. The van der Waals surface area contributed by atoms with E-state index >= 15 is 0 Å². The number of ether oxygens (including phenoxy) is 1. The molecule has 0 bridgehead atoms. The number of carbonyl (C=O) groups excluding carboxylic acids is 2. The van der Waals surface area contributed by atoms with Gasteiger partial charge in [0.05, 0.1) is 6.04 Å². The van der Waals surface area contributed by atoms with Crippen LogP contribution in [0.3, 0.4) is 0 Å². The van der Waals surface area contributed by atoms with Crippen LogP contribution in [0.5, 0.6) is 0 Å². The highest BCUT2D eigenvalue weighted by Gasteiger charge is 2.37. The van der Waals surface area contributed by atoms with Crippen molar-refractivity contribution >= 4 is 11.9 Å². The second-order valence-electron chi connectivity index (χ2n) is 8.97. The molecule has 3 rings (SSSR count). The van der Waals surface area contributed by atoms with Gasteiger partial charge in [-0.15, -0.1) is 0 Å². The number of benzene rings is 2. The van der Waals surface area contributed by atoms with E-state index in [1.165, 1.54) is 0 Å². The predicted molar refractivity (Wildman–Crippen MR) is 120 cm³/mol. The summed E-state index contributed by atoms with van der Waals surface area (Å²) in [4.78, 5) is 25.8. The quantitative estimate of drug-likeness (QED) is 0.642. The molecule has 0 aliphatic heterocycles.